The van der Waals surface area contributed by atoms with Crippen molar-refractivity contribution < 1.29 is 4.79 Å². The fraction of sp³-hybridized carbons (Fsp3) is 0.172. The number of nitrogens with zero attached hydrogens (tertiary/aromatic N) is 2. The minimum Gasteiger partial charge on any atom is -0.321 e. The normalized spacial score (nSPS) is 14.4. The number of anilines is 1. The molecule has 0 saturated carbocycles. The Hall–Kier alpha value is -3.58. The summed E-state index contributed by atoms with van der Waals surface area (Å²) in [6, 6.07) is 28.3. The molecule has 1 saturated heterocycles. The van der Waals surface area contributed by atoms with Crippen LogP contribution in [0.15, 0.2) is 84.9 Å². The minimum absolute atomic E-state index is 0.123. The van der Waals surface area contributed by atoms with Crippen LogP contribution in [0.3, 0.4) is 0 Å². The summed E-state index contributed by atoms with van der Waals surface area (Å²) in [5, 5.41) is 9.61. The minimum atomic E-state index is -0.123. The van der Waals surface area contributed by atoms with E-state index in [-0.39, 0.29) is 5.91 Å². The second-order valence-corrected chi connectivity index (χ2v) is 9.94. The van der Waals surface area contributed by atoms with Crippen molar-refractivity contribution in [1.82, 2.24) is 15.2 Å². The molecule has 0 unspecified atom stereocenters. The number of nitrogens with one attached hydrogen (secondary N) is 2. The zero-order chi connectivity index (χ0) is 23.6. The molecule has 1 fully saturated rings. The number of para-hydroxylation sites is 1. The Labute approximate surface area is 208 Å². The van der Waals surface area contributed by atoms with Crippen LogP contribution in [0.25, 0.3) is 31.6 Å². The number of benzene rings is 4. The molecule has 5 nitrogen and oxygen atoms in total. The first kappa shape index (κ1) is 21.9. The summed E-state index contributed by atoms with van der Waals surface area (Å²) in [5.41, 5.74) is 4.65. The van der Waals surface area contributed by atoms with Gasteiger partial charge in [-0.3, -0.25) is 9.69 Å². The highest BCUT2D eigenvalue weighted by molar-refractivity contribution is 7.21. The molecule has 0 aliphatic carbocycles. The number of piperazine rings is 1. The molecule has 0 radical (unpaired) electrons. The van der Waals surface area contributed by atoms with E-state index in [2.05, 4.69) is 39.8 Å². The van der Waals surface area contributed by atoms with E-state index in [0.717, 1.165) is 65.3 Å². The number of hydrogen-bond acceptors (Lipinski definition) is 5. The fourth-order valence-electron chi connectivity index (χ4n) is 4.61. The van der Waals surface area contributed by atoms with Crippen molar-refractivity contribution in [3.63, 3.8) is 0 Å². The Morgan fingerprint density at radius 3 is 2.60 bits per heavy atom. The topological polar surface area (TPSA) is 57.3 Å². The number of fused-ring (bicyclic) bond motifs is 2. The smallest absolute Gasteiger partial charge is 0.255 e. The number of rotatable bonds is 5. The first-order valence-electron chi connectivity index (χ1n) is 11.9. The SMILES string of the molecule is O=C(Nc1ccccc1-c1nc2ccc(CN3CCNCC3)cc2s1)c1ccc2ccccc2c1. The van der Waals surface area contributed by atoms with Gasteiger partial charge < -0.3 is 10.6 Å². The summed E-state index contributed by atoms with van der Waals surface area (Å²) in [5.74, 6) is -0.123. The van der Waals surface area contributed by atoms with Crippen LogP contribution in [0.1, 0.15) is 15.9 Å². The van der Waals surface area contributed by atoms with Gasteiger partial charge in [0.2, 0.25) is 0 Å². The first-order valence-corrected chi connectivity index (χ1v) is 12.8. The molecule has 4 aromatic carbocycles. The molecule has 174 valence electrons. The molecule has 1 aliphatic rings. The molecule has 1 amide bonds. The van der Waals surface area contributed by atoms with E-state index in [0.29, 0.717) is 5.56 Å². The van der Waals surface area contributed by atoms with E-state index in [9.17, 15) is 4.79 Å². The zero-order valence-corrected chi connectivity index (χ0v) is 20.1. The number of hydrogen-bond donors (Lipinski definition) is 2. The maximum atomic E-state index is 13.1. The van der Waals surface area contributed by atoms with Crippen molar-refractivity contribution in [3.8, 4) is 10.6 Å². The van der Waals surface area contributed by atoms with Crippen LogP contribution in [0, 0.1) is 0 Å². The summed E-state index contributed by atoms with van der Waals surface area (Å²) < 4.78 is 1.17. The summed E-state index contributed by atoms with van der Waals surface area (Å²) in [6.45, 7) is 5.22. The van der Waals surface area contributed by atoms with Crippen LogP contribution in [0.2, 0.25) is 0 Å². The monoisotopic (exact) mass is 478 g/mol. The molecule has 0 bridgehead atoms. The highest BCUT2D eigenvalue weighted by atomic mass is 32.1. The van der Waals surface area contributed by atoms with Gasteiger partial charge in [-0.15, -0.1) is 11.3 Å². The van der Waals surface area contributed by atoms with E-state index in [1.54, 1.807) is 11.3 Å². The van der Waals surface area contributed by atoms with Crippen LogP contribution >= 0.6 is 11.3 Å². The third kappa shape index (κ3) is 4.68. The van der Waals surface area contributed by atoms with Crippen LogP contribution in [-0.2, 0) is 6.54 Å². The van der Waals surface area contributed by atoms with Gasteiger partial charge in [-0.05, 0) is 52.7 Å². The van der Waals surface area contributed by atoms with Crippen molar-refractivity contribution in [2.45, 2.75) is 6.54 Å². The molecule has 1 aromatic heterocycles. The molecule has 2 heterocycles. The number of amides is 1. The quantitative estimate of drug-likeness (QED) is 0.337. The van der Waals surface area contributed by atoms with Crippen LogP contribution < -0.4 is 10.6 Å². The fourth-order valence-corrected chi connectivity index (χ4v) is 5.68. The van der Waals surface area contributed by atoms with E-state index in [1.165, 1.54) is 10.3 Å². The third-order valence-electron chi connectivity index (χ3n) is 6.49. The number of carbonyl (C=O) groups excluding carboxylic acids is 1. The Morgan fingerprint density at radius 2 is 1.71 bits per heavy atom. The van der Waals surface area contributed by atoms with Crippen molar-refractivity contribution in [3.05, 3.63) is 96.1 Å². The molecule has 6 rings (SSSR count). The van der Waals surface area contributed by atoms with Gasteiger partial charge in [-0.1, -0.05) is 48.5 Å². The Morgan fingerprint density at radius 1 is 0.914 bits per heavy atom. The second kappa shape index (κ2) is 9.58. The molecular formula is C29H26N4OS. The lowest BCUT2D eigenvalue weighted by Crippen LogP contribution is -2.42. The third-order valence-corrected chi connectivity index (χ3v) is 7.54. The first-order chi connectivity index (χ1) is 17.2. The lowest BCUT2D eigenvalue weighted by Gasteiger charge is -2.27. The molecular weight excluding hydrogens is 452 g/mol. The van der Waals surface area contributed by atoms with Crippen LogP contribution in [0.5, 0.6) is 0 Å². The lowest BCUT2D eigenvalue weighted by atomic mass is 10.1. The van der Waals surface area contributed by atoms with Crippen molar-refractivity contribution in [1.29, 1.82) is 0 Å². The van der Waals surface area contributed by atoms with Gasteiger partial charge in [-0.2, -0.15) is 0 Å². The zero-order valence-electron chi connectivity index (χ0n) is 19.3. The molecule has 0 atom stereocenters. The van der Waals surface area contributed by atoms with Gasteiger partial charge in [0.25, 0.3) is 5.91 Å². The molecule has 35 heavy (non-hydrogen) atoms. The average molecular weight is 479 g/mol. The molecule has 5 aromatic rings. The van der Waals surface area contributed by atoms with Gasteiger partial charge >= 0.3 is 0 Å². The van der Waals surface area contributed by atoms with E-state index < -0.39 is 0 Å². The summed E-state index contributed by atoms with van der Waals surface area (Å²) >= 11 is 1.67. The Bertz CT molecular complexity index is 1520. The number of thiazole rings is 1. The summed E-state index contributed by atoms with van der Waals surface area (Å²) in [6.07, 6.45) is 0. The average Bonchev–Trinajstić information content (AvgIpc) is 3.32. The molecule has 2 N–H and O–H groups in total. The van der Waals surface area contributed by atoms with Crippen molar-refractivity contribution in [2.75, 3.05) is 31.5 Å². The van der Waals surface area contributed by atoms with Gasteiger partial charge in [0.1, 0.15) is 5.01 Å². The lowest BCUT2D eigenvalue weighted by molar-refractivity contribution is 0.102. The van der Waals surface area contributed by atoms with Crippen LogP contribution in [0.4, 0.5) is 5.69 Å². The largest absolute Gasteiger partial charge is 0.321 e. The summed E-state index contributed by atoms with van der Waals surface area (Å²) in [7, 11) is 0. The van der Waals surface area contributed by atoms with Crippen molar-refractivity contribution >= 4 is 43.9 Å². The van der Waals surface area contributed by atoms with E-state index in [1.807, 2.05) is 60.7 Å². The van der Waals surface area contributed by atoms with Gasteiger partial charge in [0.15, 0.2) is 0 Å². The Balaban J connectivity index is 1.26. The second-order valence-electron chi connectivity index (χ2n) is 8.91. The van der Waals surface area contributed by atoms with Gasteiger partial charge in [0, 0.05) is 43.9 Å². The number of aromatic nitrogens is 1. The van der Waals surface area contributed by atoms with Crippen molar-refractivity contribution in [2.24, 2.45) is 0 Å². The molecule has 1 aliphatic heterocycles. The van der Waals surface area contributed by atoms with Crippen LogP contribution in [-0.4, -0.2) is 42.0 Å². The predicted molar refractivity (Wildman–Crippen MR) is 145 cm³/mol. The highest BCUT2D eigenvalue weighted by Crippen LogP contribution is 2.35. The molecule has 0 spiro atoms. The van der Waals surface area contributed by atoms with E-state index in [4.69, 9.17) is 4.98 Å². The highest BCUT2D eigenvalue weighted by Gasteiger charge is 2.15. The molecule has 6 heteroatoms. The van der Waals surface area contributed by atoms with Gasteiger partial charge in [0.05, 0.1) is 15.9 Å². The maximum Gasteiger partial charge on any atom is 0.255 e. The maximum absolute atomic E-state index is 13.1. The Kier molecular flexibility index (Phi) is 6.00. The standard InChI is InChI=1S/C29H26N4OS/c34-28(23-11-10-21-5-1-2-6-22(21)18-23)31-25-8-4-3-7-24(25)29-32-26-12-9-20(17-27(26)35-29)19-33-15-13-30-14-16-33/h1-12,17-18,30H,13-16,19H2,(H,31,34). The van der Waals surface area contributed by atoms with Gasteiger partial charge in [-0.25, -0.2) is 4.98 Å². The number of carbonyl (C=O) groups is 1. The van der Waals surface area contributed by atoms with E-state index >= 15 is 0 Å². The summed E-state index contributed by atoms with van der Waals surface area (Å²) in [4.78, 5) is 20.5. The predicted octanol–water partition coefficient (Wildman–Crippen LogP) is 5.77.